The molecule has 2 aliphatic rings. The van der Waals surface area contributed by atoms with Gasteiger partial charge in [-0.1, -0.05) is 0 Å². The Bertz CT molecular complexity index is 637. The highest BCUT2D eigenvalue weighted by atomic mass is 16.8. The molecule has 3 heterocycles. The van der Waals surface area contributed by atoms with Gasteiger partial charge >= 0.3 is 5.69 Å². The molecule has 3 atom stereocenters. The van der Waals surface area contributed by atoms with Crippen molar-refractivity contribution in [2.24, 2.45) is 0 Å². The van der Waals surface area contributed by atoms with Gasteiger partial charge in [0.2, 0.25) is 0 Å². The third-order valence-electron chi connectivity index (χ3n) is 3.82. The van der Waals surface area contributed by atoms with Crippen LogP contribution in [0.15, 0.2) is 21.9 Å². The quantitative estimate of drug-likeness (QED) is 0.815. The number of rotatable bonds is 2. The van der Waals surface area contributed by atoms with Gasteiger partial charge in [-0.3, -0.25) is 19.2 Å². The average molecular weight is 297 g/mol. The molecule has 8 heteroatoms. The molecule has 0 radical (unpaired) electrons. The smallest absolute Gasteiger partial charge is 0.330 e. The van der Waals surface area contributed by atoms with Crippen molar-refractivity contribution in [3.63, 3.8) is 0 Å². The van der Waals surface area contributed by atoms with Crippen molar-refractivity contribution in [2.75, 3.05) is 13.7 Å². The van der Waals surface area contributed by atoms with Crippen LogP contribution < -0.4 is 11.2 Å². The maximum atomic E-state index is 11.8. The number of aromatic amines is 1. The lowest BCUT2D eigenvalue weighted by atomic mass is 10.1. The molecule has 0 aliphatic carbocycles. The van der Waals surface area contributed by atoms with Gasteiger partial charge in [0.05, 0.1) is 12.6 Å². The summed E-state index contributed by atoms with van der Waals surface area (Å²) in [4.78, 5) is 30.9. The minimum absolute atomic E-state index is 0.0180. The average Bonchev–Trinajstić information content (AvgIpc) is 2.92. The summed E-state index contributed by atoms with van der Waals surface area (Å²) in [6.07, 6.45) is 1.44. The van der Waals surface area contributed by atoms with Gasteiger partial charge in [0.25, 0.3) is 5.56 Å². The first-order chi connectivity index (χ1) is 9.85. The summed E-state index contributed by atoms with van der Waals surface area (Å²) in [5, 5.41) is 1.69. The van der Waals surface area contributed by atoms with Crippen LogP contribution in [0, 0.1) is 0 Å². The van der Waals surface area contributed by atoms with Crippen LogP contribution in [0.3, 0.4) is 0 Å². The van der Waals surface area contributed by atoms with Crippen molar-refractivity contribution in [2.45, 2.75) is 44.4 Å². The number of hydroxylamine groups is 2. The van der Waals surface area contributed by atoms with Crippen LogP contribution in [0.1, 0.15) is 26.5 Å². The minimum atomic E-state index is -0.599. The van der Waals surface area contributed by atoms with Crippen LogP contribution in [0.4, 0.5) is 0 Å². The molecule has 3 rings (SSSR count). The third kappa shape index (κ3) is 2.80. The molecule has 1 aromatic heterocycles. The number of hydrogen-bond donors (Lipinski definition) is 1. The van der Waals surface area contributed by atoms with E-state index in [0.29, 0.717) is 13.0 Å². The van der Waals surface area contributed by atoms with Gasteiger partial charge in [0.15, 0.2) is 12.0 Å². The lowest BCUT2D eigenvalue weighted by molar-refractivity contribution is -0.190. The Morgan fingerprint density at radius 1 is 1.38 bits per heavy atom. The molecule has 2 fully saturated rings. The van der Waals surface area contributed by atoms with E-state index in [4.69, 9.17) is 14.3 Å². The van der Waals surface area contributed by atoms with Crippen molar-refractivity contribution >= 4 is 0 Å². The van der Waals surface area contributed by atoms with Gasteiger partial charge in [0.1, 0.15) is 6.10 Å². The molecule has 1 aromatic rings. The van der Waals surface area contributed by atoms with Gasteiger partial charge in [-0.05, 0) is 13.8 Å². The summed E-state index contributed by atoms with van der Waals surface area (Å²) in [5.41, 5.74) is -0.904. The summed E-state index contributed by atoms with van der Waals surface area (Å²) in [7, 11) is 1.80. The van der Waals surface area contributed by atoms with Crippen molar-refractivity contribution < 1.29 is 14.3 Å². The maximum absolute atomic E-state index is 11.8. The van der Waals surface area contributed by atoms with E-state index in [2.05, 4.69) is 4.98 Å². The lowest BCUT2D eigenvalue weighted by Gasteiger charge is -2.23. The van der Waals surface area contributed by atoms with Crippen molar-refractivity contribution in [3.05, 3.63) is 33.1 Å². The molecule has 0 saturated carbocycles. The van der Waals surface area contributed by atoms with Crippen LogP contribution in [0.25, 0.3) is 0 Å². The van der Waals surface area contributed by atoms with Crippen molar-refractivity contribution in [1.29, 1.82) is 0 Å². The van der Waals surface area contributed by atoms with E-state index in [-0.39, 0.29) is 12.1 Å². The molecule has 0 bridgehead atoms. The number of aromatic nitrogens is 2. The summed E-state index contributed by atoms with van der Waals surface area (Å²) >= 11 is 0. The van der Waals surface area contributed by atoms with Gasteiger partial charge in [-0.15, -0.1) is 0 Å². The molecule has 1 N–H and O–H groups in total. The van der Waals surface area contributed by atoms with Crippen LogP contribution in [0.2, 0.25) is 0 Å². The molecule has 2 saturated heterocycles. The fourth-order valence-electron chi connectivity index (χ4n) is 2.78. The van der Waals surface area contributed by atoms with Gasteiger partial charge in [-0.25, -0.2) is 4.79 Å². The molecular weight excluding hydrogens is 278 g/mol. The Labute approximate surface area is 121 Å². The van der Waals surface area contributed by atoms with Crippen LogP contribution in [-0.2, 0) is 14.3 Å². The minimum Gasteiger partial charge on any atom is -0.348 e. The van der Waals surface area contributed by atoms with Gasteiger partial charge in [0, 0.05) is 25.7 Å². The zero-order valence-corrected chi connectivity index (χ0v) is 12.2. The maximum Gasteiger partial charge on any atom is 0.330 e. The number of nitrogens with one attached hydrogen (secondary N) is 1. The first-order valence-electron chi connectivity index (χ1n) is 6.88. The first-order valence-corrected chi connectivity index (χ1v) is 6.88. The Kier molecular flexibility index (Phi) is 3.48. The highest BCUT2D eigenvalue weighted by Crippen LogP contribution is 2.34. The topological polar surface area (TPSA) is 85.8 Å². The van der Waals surface area contributed by atoms with E-state index in [1.807, 2.05) is 13.8 Å². The Balaban J connectivity index is 1.77. The van der Waals surface area contributed by atoms with E-state index in [1.54, 1.807) is 12.1 Å². The monoisotopic (exact) mass is 297 g/mol. The Hall–Kier alpha value is -1.48. The molecule has 0 aromatic carbocycles. The predicted octanol–water partition coefficient (Wildman–Crippen LogP) is -0.178. The number of H-pyrrole nitrogens is 1. The van der Waals surface area contributed by atoms with Gasteiger partial charge in [-0.2, -0.15) is 5.06 Å². The number of likely N-dealkylation sites (N-methyl/N-ethyl adjacent to an activating group) is 1. The highest BCUT2D eigenvalue weighted by molar-refractivity contribution is 4.90. The fraction of sp³-hybridized carbons (Fsp3) is 0.692. The molecule has 0 amide bonds. The van der Waals surface area contributed by atoms with Crippen LogP contribution in [0.5, 0.6) is 0 Å². The molecular formula is C13H19N3O5. The van der Waals surface area contributed by atoms with E-state index in [9.17, 15) is 9.59 Å². The largest absolute Gasteiger partial charge is 0.348 e. The second-order valence-electron chi connectivity index (χ2n) is 5.79. The second-order valence-corrected chi connectivity index (χ2v) is 5.79. The van der Waals surface area contributed by atoms with Crippen LogP contribution in [-0.4, -0.2) is 46.2 Å². The van der Waals surface area contributed by atoms with E-state index in [0.717, 1.165) is 0 Å². The molecule has 0 unspecified atom stereocenters. The molecule has 2 aliphatic heterocycles. The Morgan fingerprint density at radius 2 is 2.14 bits per heavy atom. The van der Waals surface area contributed by atoms with Crippen molar-refractivity contribution in [1.82, 2.24) is 14.6 Å². The summed E-state index contributed by atoms with van der Waals surface area (Å²) in [6, 6.07) is 1.28. The van der Waals surface area contributed by atoms with E-state index in [1.165, 1.54) is 16.8 Å². The molecule has 0 spiro atoms. The summed E-state index contributed by atoms with van der Waals surface area (Å²) in [6.45, 7) is 4.22. The third-order valence-corrected chi connectivity index (χ3v) is 3.82. The normalized spacial score (nSPS) is 32.6. The lowest BCUT2D eigenvalue weighted by Crippen LogP contribution is -2.38. The fourth-order valence-corrected chi connectivity index (χ4v) is 2.78. The molecule has 21 heavy (non-hydrogen) atoms. The van der Waals surface area contributed by atoms with Crippen molar-refractivity contribution in [3.8, 4) is 0 Å². The molecule has 8 nitrogen and oxygen atoms in total. The predicted molar refractivity (Wildman–Crippen MR) is 72.5 cm³/mol. The number of nitrogens with zero attached hydrogens (tertiary/aromatic N) is 2. The van der Waals surface area contributed by atoms with E-state index < -0.39 is 23.3 Å². The first kappa shape index (κ1) is 14.5. The molecule has 116 valence electrons. The highest BCUT2D eigenvalue weighted by Gasteiger charge is 2.44. The summed E-state index contributed by atoms with van der Waals surface area (Å²) < 4.78 is 12.8. The zero-order chi connectivity index (χ0) is 15.2. The Morgan fingerprint density at radius 3 is 2.76 bits per heavy atom. The van der Waals surface area contributed by atoms with E-state index >= 15 is 0 Å². The SMILES string of the molecule is CN1O[C@@H](n2ccc(=O)[nH]c2=O)C[C@H]1[C@H]1COC(C)(C)O1. The number of hydrogen-bond acceptors (Lipinski definition) is 6. The second kappa shape index (κ2) is 5.06. The standard InChI is InChI=1S/C13H19N3O5/c1-13(2)19-7-9(20-13)8-6-11(21-15(8)3)16-5-4-10(17)14-12(16)18/h4-5,8-9,11H,6-7H2,1-3H3,(H,14,17,18)/t8-,9+,11+/m0/s1. The van der Waals surface area contributed by atoms with Crippen LogP contribution >= 0.6 is 0 Å². The number of ether oxygens (including phenoxy) is 2. The zero-order valence-electron chi connectivity index (χ0n) is 12.2. The van der Waals surface area contributed by atoms with Gasteiger partial charge < -0.3 is 9.47 Å². The summed E-state index contributed by atoms with van der Waals surface area (Å²) in [5.74, 6) is -0.599.